The van der Waals surface area contributed by atoms with Crippen LogP contribution >= 0.6 is 0 Å². The molecule has 0 radical (unpaired) electrons. The summed E-state index contributed by atoms with van der Waals surface area (Å²) in [4.78, 5) is 30.2. The average molecular weight is 440 g/mol. The number of aryl methyl sites for hydroxylation is 1. The van der Waals surface area contributed by atoms with Crippen LogP contribution in [0.5, 0.6) is 0 Å². The third kappa shape index (κ3) is 3.85. The van der Waals surface area contributed by atoms with Gasteiger partial charge in [0.05, 0.1) is 35.2 Å². The Kier molecular flexibility index (Phi) is 6.25. The van der Waals surface area contributed by atoms with Gasteiger partial charge in [0.25, 0.3) is 0 Å². The number of carboxylic acid groups (broad SMARTS) is 1. The zero-order valence-corrected chi connectivity index (χ0v) is 17.3. The molecule has 1 aromatic heterocycles. The van der Waals surface area contributed by atoms with E-state index in [1.807, 2.05) is 6.92 Å². The summed E-state index contributed by atoms with van der Waals surface area (Å²) in [6, 6.07) is 0.802. The van der Waals surface area contributed by atoms with Gasteiger partial charge in [-0.1, -0.05) is 5.16 Å². The smallest absolute Gasteiger partial charge is 0.341 e. The first-order valence-corrected chi connectivity index (χ1v) is 9.57. The van der Waals surface area contributed by atoms with Gasteiger partial charge in [-0.05, 0) is 26.5 Å². The first-order chi connectivity index (χ1) is 14.7. The summed E-state index contributed by atoms with van der Waals surface area (Å²) in [6.07, 6.45) is 1.33. The number of pyridine rings is 1. The fourth-order valence-corrected chi connectivity index (χ4v) is 3.82. The van der Waals surface area contributed by atoms with Gasteiger partial charge in [0.2, 0.25) is 5.43 Å². The quantitative estimate of drug-likeness (QED) is 0.669. The number of hydrogen-bond acceptors (Lipinski definition) is 6. The molecule has 0 bridgehead atoms. The number of nitrogens with zero attached hydrogens (tertiary/aromatic N) is 3. The highest BCUT2D eigenvalue weighted by molar-refractivity contribution is 5.98. The highest BCUT2D eigenvalue weighted by atomic mass is 19.1. The van der Waals surface area contributed by atoms with Gasteiger partial charge in [0, 0.05) is 12.7 Å². The molecule has 31 heavy (non-hydrogen) atoms. The number of aromatic carboxylic acids is 1. The molecule has 2 N–H and O–H groups in total. The van der Waals surface area contributed by atoms with Gasteiger partial charge in [0.15, 0.2) is 5.82 Å². The Bertz CT molecular complexity index is 1120. The van der Waals surface area contributed by atoms with Gasteiger partial charge in [-0.2, -0.15) is 0 Å². The van der Waals surface area contributed by atoms with Crippen molar-refractivity contribution in [2.24, 2.45) is 5.16 Å². The normalized spacial score (nSPS) is 20.5. The Morgan fingerprint density at radius 2 is 2.13 bits per heavy atom. The summed E-state index contributed by atoms with van der Waals surface area (Å²) < 4.78 is 44.7. The Morgan fingerprint density at radius 1 is 1.42 bits per heavy atom. The van der Waals surface area contributed by atoms with Crippen molar-refractivity contribution in [3.05, 3.63) is 39.7 Å². The number of fused-ring (bicyclic) bond motifs is 1. The number of carboxylic acids is 1. The van der Waals surface area contributed by atoms with Crippen molar-refractivity contribution in [3.8, 4) is 0 Å². The number of benzene rings is 1. The molecule has 8 nitrogen and oxygen atoms in total. The minimum atomic E-state index is -1.56. The lowest BCUT2D eigenvalue weighted by molar-refractivity contribution is 0.0694. The molecule has 1 saturated heterocycles. The molecule has 0 saturated carbocycles. The minimum absolute atomic E-state index is 0.0467. The van der Waals surface area contributed by atoms with Crippen LogP contribution in [0.1, 0.15) is 23.7 Å². The molecule has 0 aliphatic carbocycles. The number of hydrogen-bond donors (Lipinski definition) is 2. The van der Waals surface area contributed by atoms with Crippen molar-refractivity contribution in [2.75, 3.05) is 38.8 Å². The van der Waals surface area contributed by atoms with Crippen LogP contribution in [0, 0.1) is 11.6 Å². The van der Waals surface area contributed by atoms with Gasteiger partial charge >= 0.3 is 5.97 Å². The largest absolute Gasteiger partial charge is 0.477 e. The highest BCUT2D eigenvalue weighted by Gasteiger charge is 2.37. The van der Waals surface area contributed by atoms with E-state index in [1.165, 1.54) is 12.0 Å². The zero-order valence-electron chi connectivity index (χ0n) is 17.3. The Hall–Kier alpha value is -3.08. The molecule has 1 aliphatic heterocycles. The molecule has 1 atom stereocenters. The van der Waals surface area contributed by atoms with Gasteiger partial charge < -0.3 is 24.7 Å². The number of anilines is 1. The van der Waals surface area contributed by atoms with Crippen LogP contribution in [0.15, 0.2) is 22.2 Å². The number of piperidine rings is 1. The van der Waals surface area contributed by atoms with Crippen LogP contribution in [0.4, 0.5) is 18.9 Å². The van der Waals surface area contributed by atoms with Crippen molar-refractivity contribution < 1.29 is 27.9 Å². The van der Waals surface area contributed by atoms with Crippen LogP contribution in [0.2, 0.25) is 0 Å². The van der Waals surface area contributed by atoms with Crippen LogP contribution in [-0.4, -0.2) is 60.8 Å². The lowest BCUT2D eigenvalue weighted by Gasteiger charge is -2.41. The number of oxime groups is 1. The van der Waals surface area contributed by atoms with Crippen LogP contribution in [-0.2, 0) is 11.4 Å². The van der Waals surface area contributed by atoms with Gasteiger partial charge in [-0.3, -0.25) is 4.79 Å². The van der Waals surface area contributed by atoms with Crippen molar-refractivity contribution in [3.63, 3.8) is 0 Å². The monoisotopic (exact) mass is 440 g/mol. The zero-order chi connectivity index (χ0) is 22.9. The van der Waals surface area contributed by atoms with Gasteiger partial charge in [-0.25, -0.2) is 18.0 Å². The first-order valence-electron chi connectivity index (χ1n) is 9.57. The van der Waals surface area contributed by atoms with Crippen molar-refractivity contribution >= 4 is 28.3 Å². The number of rotatable bonds is 6. The average Bonchev–Trinajstić information content (AvgIpc) is 2.72. The molecule has 2 heterocycles. The van der Waals surface area contributed by atoms with E-state index in [1.54, 1.807) is 7.05 Å². The van der Waals surface area contributed by atoms with Crippen LogP contribution in [0.25, 0.3) is 10.9 Å². The maximum absolute atomic E-state index is 15.6. The molecule has 1 aliphatic rings. The molecule has 0 spiro atoms. The van der Waals surface area contributed by atoms with E-state index in [0.29, 0.717) is 12.1 Å². The summed E-state index contributed by atoms with van der Waals surface area (Å²) >= 11 is 0. The molecule has 11 heteroatoms. The molecule has 1 fully saturated rings. The number of carbonyl (C=O) groups is 1. The maximum Gasteiger partial charge on any atom is 0.341 e. The van der Waals surface area contributed by atoms with E-state index in [4.69, 9.17) is 4.84 Å². The number of nitrogens with one attached hydrogen (secondary N) is 1. The van der Waals surface area contributed by atoms with E-state index in [2.05, 4.69) is 10.5 Å². The Morgan fingerprint density at radius 3 is 2.71 bits per heavy atom. The fraction of sp³-hybridized carbons (Fsp3) is 0.450. The number of alkyl halides is 1. The van der Waals surface area contributed by atoms with Crippen molar-refractivity contribution in [2.45, 2.75) is 25.4 Å². The summed E-state index contributed by atoms with van der Waals surface area (Å²) in [7, 11) is 3.11. The molecule has 0 amide bonds. The molecule has 1 aromatic carbocycles. The summed E-state index contributed by atoms with van der Waals surface area (Å²) in [5.74, 6) is -3.66. The standard InChI is InChI=1S/C20H23F3N4O4/c1-20(24-2)4-6-26(10-14(20)25-31-3)17-13(22)8-11-16(15(17)23)27(7-5-21)9-12(18(11)28)19(29)30/h8-9,24H,4-7,10H2,1-3H3,(H,29,30)/b25-14+. The third-order valence-electron chi connectivity index (χ3n) is 5.71. The second-order valence-corrected chi connectivity index (χ2v) is 7.45. The predicted octanol–water partition coefficient (Wildman–Crippen LogP) is 2.14. The Labute approximate surface area is 175 Å². The maximum atomic E-state index is 15.6. The number of halogens is 3. The SMILES string of the molecule is CNC1(C)CCN(c2c(F)cc3c(=O)c(C(=O)O)cn(CCF)c3c2F)C/C1=N\OC. The van der Waals surface area contributed by atoms with E-state index in [0.717, 1.165) is 16.8 Å². The van der Waals surface area contributed by atoms with E-state index in [-0.39, 0.29) is 18.6 Å². The second kappa shape index (κ2) is 8.58. The molecule has 168 valence electrons. The van der Waals surface area contributed by atoms with Gasteiger partial charge in [0.1, 0.15) is 30.9 Å². The minimum Gasteiger partial charge on any atom is -0.477 e. The lowest BCUT2D eigenvalue weighted by atomic mass is 9.87. The fourth-order valence-electron chi connectivity index (χ4n) is 3.82. The summed E-state index contributed by atoms with van der Waals surface area (Å²) in [5.41, 5.74) is -2.50. The molecule has 1 unspecified atom stereocenters. The predicted molar refractivity (Wildman–Crippen MR) is 110 cm³/mol. The number of aromatic nitrogens is 1. The highest BCUT2D eigenvalue weighted by Crippen LogP contribution is 2.33. The molecular formula is C20H23F3N4O4. The second-order valence-electron chi connectivity index (χ2n) is 7.45. The van der Waals surface area contributed by atoms with Crippen molar-refractivity contribution in [1.82, 2.24) is 9.88 Å². The molecular weight excluding hydrogens is 417 g/mol. The topological polar surface area (TPSA) is 96.2 Å². The van der Waals surface area contributed by atoms with E-state index in [9.17, 15) is 19.1 Å². The molecule has 2 aromatic rings. The van der Waals surface area contributed by atoms with E-state index < -0.39 is 58.4 Å². The third-order valence-corrected chi connectivity index (χ3v) is 5.71. The van der Waals surface area contributed by atoms with Crippen LogP contribution in [0.3, 0.4) is 0 Å². The molecule has 3 rings (SSSR count). The lowest BCUT2D eigenvalue weighted by Crippen LogP contribution is -2.58. The summed E-state index contributed by atoms with van der Waals surface area (Å²) in [6.45, 7) is 0.873. The van der Waals surface area contributed by atoms with E-state index >= 15 is 8.78 Å². The first kappa shape index (κ1) is 22.6. The van der Waals surface area contributed by atoms with Crippen LogP contribution < -0.4 is 15.6 Å². The van der Waals surface area contributed by atoms with Crippen molar-refractivity contribution in [1.29, 1.82) is 0 Å². The Balaban J connectivity index is 2.22. The summed E-state index contributed by atoms with van der Waals surface area (Å²) in [5, 5.41) is 15.9. The van der Waals surface area contributed by atoms with Gasteiger partial charge in [-0.15, -0.1) is 0 Å².